The average Bonchev–Trinajstić information content (AvgIpc) is 2.17. The zero-order valence-electron chi connectivity index (χ0n) is 9.51. The van der Waals surface area contributed by atoms with E-state index in [2.05, 4.69) is 0 Å². The monoisotopic (exact) mass is 249 g/mol. The third-order valence-corrected chi connectivity index (χ3v) is 2.22. The van der Waals surface area contributed by atoms with Gasteiger partial charge in [0, 0.05) is 6.04 Å². The number of benzene rings is 1. The topological polar surface area (TPSA) is 55.5 Å². The van der Waals surface area contributed by atoms with Crippen molar-refractivity contribution < 1.29 is 23.0 Å². The Bertz CT molecular complexity index is 402. The summed E-state index contributed by atoms with van der Waals surface area (Å²) in [5.41, 5.74) is 4.80. The zero-order chi connectivity index (χ0) is 13.2. The maximum Gasteiger partial charge on any atom is 0.420 e. The van der Waals surface area contributed by atoms with Gasteiger partial charge in [0.05, 0.1) is 7.11 Å². The van der Waals surface area contributed by atoms with Crippen LogP contribution in [0.3, 0.4) is 0 Å². The van der Waals surface area contributed by atoms with Crippen molar-refractivity contribution in [2.45, 2.75) is 25.6 Å². The lowest BCUT2D eigenvalue weighted by Crippen LogP contribution is -2.18. The fourth-order valence-electron chi connectivity index (χ4n) is 1.53. The predicted molar refractivity (Wildman–Crippen MR) is 57.0 cm³/mol. The van der Waals surface area contributed by atoms with E-state index < -0.39 is 17.5 Å². The fraction of sp³-hybridized carbons (Fsp3) is 0.455. The van der Waals surface area contributed by atoms with Gasteiger partial charge in [-0.15, -0.1) is 0 Å². The molecule has 3 nitrogen and oxygen atoms in total. The van der Waals surface area contributed by atoms with E-state index >= 15 is 0 Å². The van der Waals surface area contributed by atoms with E-state index in [4.69, 9.17) is 10.5 Å². The molecule has 17 heavy (non-hydrogen) atoms. The Morgan fingerprint density at radius 3 is 2.41 bits per heavy atom. The molecule has 1 aromatic carbocycles. The lowest BCUT2D eigenvalue weighted by atomic mass is 10.0. The summed E-state index contributed by atoms with van der Waals surface area (Å²) >= 11 is 0. The molecule has 0 saturated carbocycles. The summed E-state index contributed by atoms with van der Waals surface area (Å²) in [4.78, 5) is 0. The molecule has 96 valence electrons. The van der Waals surface area contributed by atoms with Crippen molar-refractivity contribution in [2.75, 3.05) is 7.11 Å². The Labute approximate surface area is 97.0 Å². The Morgan fingerprint density at radius 2 is 2.00 bits per heavy atom. The van der Waals surface area contributed by atoms with Crippen molar-refractivity contribution in [1.82, 2.24) is 0 Å². The molecule has 0 amide bonds. The molecular weight excluding hydrogens is 235 g/mol. The quantitative estimate of drug-likeness (QED) is 0.864. The zero-order valence-corrected chi connectivity index (χ0v) is 9.51. The molecule has 0 aliphatic carbocycles. The minimum Gasteiger partial charge on any atom is -0.504 e. The second-order valence-corrected chi connectivity index (χ2v) is 3.87. The second-order valence-electron chi connectivity index (χ2n) is 3.87. The fourth-order valence-corrected chi connectivity index (χ4v) is 1.53. The second kappa shape index (κ2) is 4.83. The Kier molecular flexibility index (Phi) is 3.87. The number of ether oxygens (including phenoxy) is 1. The molecule has 0 saturated heterocycles. The molecule has 0 aliphatic heterocycles. The van der Waals surface area contributed by atoms with Crippen LogP contribution in [0.25, 0.3) is 0 Å². The number of hydrogen-bond donors (Lipinski definition) is 2. The van der Waals surface area contributed by atoms with E-state index in [9.17, 15) is 18.3 Å². The molecule has 0 radical (unpaired) electrons. The van der Waals surface area contributed by atoms with Crippen molar-refractivity contribution in [1.29, 1.82) is 0 Å². The number of methoxy groups -OCH3 is 1. The molecule has 1 unspecified atom stereocenters. The largest absolute Gasteiger partial charge is 0.504 e. The molecule has 1 aromatic rings. The van der Waals surface area contributed by atoms with E-state index in [1.54, 1.807) is 6.92 Å². The first-order valence-electron chi connectivity index (χ1n) is 4.98. The molecular formula is C11H14F3NO2. The van der Waals surface area contributed by atoms with Gasteiger partial charge in [-0.05, 0) is 31.0 Å². The molecule has 0 spiro atoms. The van der Waals surface area contributed by atoms with E-state index in [0.29, 0.717) is 5.56 Å². The Morgan fingerprint density at radius 1 is 1.41 bits per heavy atom. The van der Waals surface area contributed by atoms with Gasteiger partial charge in [0.25, 0.3) is 0 Å². The average molecular weight is 249 g/mol. The van der Waals surface area contributed by atoms with E-state index in [0.717, 1.165) is 6.07 Å². The number of phenolic OH excluding ortho intramolecular Hbond substituents is 1. The number of phenols is 1. The third kappa shape index (κ3) is 3.26. The molecule has 3 N–H and O–H groups in total. The van der Waals surface area contributed by atoms with Gasteiger partial charge in [-0.25, -0.2) is 0 Å². The number of alkyl halides is 3. The van der Waals surface area contributed by atoms with Crippen LogP contribution in [-0.2, 0) is 12.6 Å². The number of nitrogens with two attached hydrogens (primary N) is 1. The number of halogens is 3. The van der Waals surface area contributed by atoms with Gasteiger partial charge in [0.15, 0.2) is 11.5 Å². The summed E-state index contributed by atoms with van der Waals surface area (Å²) in [5, 5.41) is 9.41. The normalized spacial score (nSPS) is 13.5. The van der Waals surface area contributed by atoms with Crippen molar-refractivity contribution in [2.24, 2.45) is 5.73 Å². The van der Waals surface area contributed by atoms with E-state index in [-0.39, 0.29) is 18.2 Å². The summed E-state index contributed by atoms with van der Waals surface area (Å²) in [5.74, 6) is -1.09. The molecule has 6 heteroatoms. The van der Waals surface area contributed by atoms with Crippen LogP contribution in [0, 0.1) is 0 Å². The van der Waals surface area contributed by atoms with Gasteiger partial charge in [0.1, 0.15) is 5.56 Å². The number of rotatable bonds is 3. The van der Waals surface area contributed by atoms with Crippen molar-refractivity contribution >= 4 is 0 Å². The molecule has 1 rings (SSSR count). The Hall–Kier alpha value is -1.43. The SMILES string of the molecule is COc1cc(CC(C)N)cc(C(F)(F)F)c1O. The third-order valence-electron chi connectivity index (χ3n) is 2.22. The van der Waals surface area contributed by atoms with E-state index in [1.165, 1.54) is 13.2 Å². The maximum atomic E-state index is 12.6. The van der Waals surface area contributed by atoms with Crippen LogP contribution in [0.4, 0.5) is 13.2 Å². The lowest BCUT2D eigenvalue weighted by molar-refractivity contribution is -0.138. The first kappa shape index (κ1) is 13.6. The smallest absolute Gasteiger partial charge is 0.420 e. The lowest BCUT2D eigenvalue weighted by Gasteiger charge is -2.15. The van der Waals surface area contributed by atoms with Crippen molar-refractivity contribution in [3.63, 3.8) is 0 Å². The van der Waals surface area contributed by atoms with Crippen LogP contribution in [0.5, 0.6) is 11.5 Å². The van der Waals surface area contributed by atoms with Gasteiger partial charge in [-0.2, -0.15) is 13.2 Å². The predicted octanol–water partition coefficient (Wildman–Crippen LogP) is 2.31. The van der Waals surface area contributed by atoms with E-state index in [1.807, 2.05) is 0 Å². The highest BCUT2D eigenvalue weighted by molar-refractivity contribution is 5.50. The van der Waals surface area contributed by atoms with Crippen molar-refractivity contribution in [3.05, 3.63) is 23.3 Å². The van der Waals surface area contributed by atoms with Crippen LogP contribution in [0.1, 0.15) is 18.1 Å². The highest BCUT2D eigenvalue weighted by Crippen LogP contribution is 2.41. The van der Waals surface area contributed by atoms with Crippen molar-refractivity contribution in [3.8, 4) is 11.5 Å². The van der Waals surface area contributed by atoms with Crippen LogP contribution < -0.4 is 10.5 Å². The van der Waals surface area contributed by atoms with Gasteiger partial charge in [0.2, 0.25) is 0 Å². The van der Waals surface area contributed by atoms with Crippen LogP contribution in [0.15, 0.2) is 12.1 Å². The van der Waals surface area contributed by atoms with Gasteiger partial charge in [-0.3, -0.25) is 0 Å². The number of hydrogen-bond acceptors (Lipinski definition) is 3. The van der Waals surface area contributed by atoms with Crippen LogP contribution in [-0.4, -0.2) is 18.3 Å². The molecule has 0 aliphatic rings. The first-order chi connectivity index (χ1) is 7.75. The van der Waals surface area contributed by atoms with Gasteiger partial charge < -0.3 is 15.6 Å². The van der Waals surface area contributed by atoms with Crippen LogP contribution >= 0.6 is 0 Å². The standard InChI is InChI=1S/C11H14F3NO2/c1-6(15)3-7-4-8(11(12,13)14)10(16)9(5-7)17-2/h4-6,16H,3,15H2,1-2H3. The summed E-state index contributed by atoms with van der Waals surface area (Å²) in [6.07, 6.45) is -4.34. The summed E-state index contributed by atoms with van der Waals surface area (Å²) in [7, 11) is 1.20. The van der Waals surface area contributed by atoms with Gasteiger partial charge >= 0.3 is 6.18 Å². The molecule has 1 atom stereocenters. The van der Waals surface area contributed by atoms with Crippen LogP contribution in [0.2, 0.25) is 0 Å². The molecule has 0 bridgehead atoms. The Balaban J connectivity index is 3.29. The highest BCUT2D eigenvalue weighted by atomic mass is 19.4. The first-order valence-corrected chi connectivity index (χ1v) is 4.98. The molecule has 0 fully saturated rings. The molecule has 0 heterocycles. The summed E-state index contributed by atoms with van der Waals surface area (Å²) in [6.45, 7) is 1.69. The van der Waals surface area contributed by atoms with Gasteiger partial charge in [-0.1, -0.05) is 0 Å². The minimum absolute atomic E-state index is 0.199. The molecule has 0 aromatic heterocycles. The summed E-state index contributed by atoms with van der Waals surface area (Å²) < 4.78 is 42.6. The maximum absolute atomic E-state index is 12.6. The minimum atomic E-state index is -4.62. The summed E-state index contributed by atoms with van der Waals surface area (Å²) in [6, 6.07) is 1.97. The number of aromatic hydroxyl groups is 1. The highest BCUT2D eigenvalue weighted by Gasteiger charge is 2.35.